The number of rotatable bonds is 1. The van der Waals surface area contributed by atoms with Crippen molar-refractivity contribution >= 4 is 0 Å². The summed E-state index contributed by atoms with van der Waals surface area (Å²) in [7, 11) is 0. The van der Waals surface area contributed by atoms with Crippen LogP contribution in [0, 0.1) is 12.0 Å². The maximum absolute atomic E-state index is 12.2. The highest BCUT2D eigenvalue weighted by Gasteiger charge is 2.31. The molecule has 0 aliphatic carbocycles. The molecule has 1 rings (SSSR count). The van der Waals surface area contributed by atoms with E-state index in [1.807, 2.05) is 0 Å². The molecule has 1 aromatic rings. The summed E-state index contributed by atoms with van der Waals surface area (Å²) in [5.41, 5.74) is 0. The lowest BCUT2D eigenvalue weighted by Crippen LogP contribution is -2.17. The number of pyridine rings is 1. The minimum absolute atomic E-state index is 0.542. The number of halogens is 4. The smallest absolute Gasteiger partial charge is 0.404 e. The van der Waals surface area contributed by atoms with E-state index >= 15 is 0 Å². The maximum Gasteiger partial charge on any atom is 0.573 e. The molecule has 1 radical (unpaired) electrons. The Bertz CT molecular complexity index is 272. The SMILES string of the molecule is Fc1[c]ncc(OC(F)(F)F)c1. The minimum atomic E-state index is -4.82. The predicted octanol–water partition coefficient (Wildman–Crippen LogP) is 1.92. The molecule has 2 nitrogen and oxygen atoms in total. The number of nitrogens with zero attached hydrogens (tertiary/aromatic N) is 1. The average Bonchev–Trinajstić information content (AvgIpc) is 1.82. The summed E-state index contributed by atoms with van der Waals surface area (Å²) < 4.78 is 50.0. The second-order valence-corrected chi connectivity index (χ2v) is 1.81. The van der Waals surface area contributed by atoms with Gasteiger partial charge in [-0.25, -0.2) is 9.37 Å². The fourth-order valence-electron chi connectivity index (χ4n) is 0.541. The Morgan fingerprint density at radius 2 is 2.08 bits per heavy atom. The molecule has 12 heavy (non-hydrogen) atoms. The molecule has 0 fully saturated rings. The van der Waals surface area contributed by atoms with Crippen molar-refractivity contribution in [1.29, 1.82) is 0 Å². The molecule has 1 heterocycles. The lowest BCUT2D eigenvalue weighted by Gasteiger charge is -2.07. The zero-order chi connectivity index (χ0) is 9.19. The van der Waals surface area contributed by atoms with Crippen LogP contribution in [-0.2, 0) is 0 Å². The molecule has 0 atom stereocenters. The van der Waals surface area contributed by atoms with E-state index in [2.05, 4.69) is 9.72 Å². The number of aromatic nitrogens is 1. The van der Waals surface area contributed by atoms with E-state index in [0.717, 1.165) is 6.20 Å². The first kappa shape index (κ1) is 8.76. The van der Waals surface area contributed by atoms with Crippen LogP contribution in [-0.4, -0.2) is 11.3 Å². The Morgan fingerprint density at radius 3 is 2.58 bits per heavy atom. The van der Waals surface area contributed by atoms with Gasteiger partial charge in [0.05, 0.1) is 6.20 Å². The highest BCUT2D eigenvalue weighted by molar-refractivity contribution is 5.16. The quantitative estimate of drug-likeness (QED) is 0.616. The zero-order valence-electron chi connectivity index (χ0n) is 5.52. The molecule has 0 saturated carbocycles. The van der Waals surface area contributed by atoms with Gasteiger partial charge in [0.25, 0.3) is 0 Å². The van der Waals surface area contributed by atoms with Gasteiger partial charge < -0.3 is 4.74 Å². The molecule has 65 valence electrons. The van der Waals surface area contributed by atoms with E-state index in [9.17, 15) is 17.6 Å². The second-order valence-electron chi connectivity index (χ2n) is 1.81. The van der Waals surface area contributed by atoms with Crippen molar-refractivity contribution in [2.24, 2.45) is 0 Å². The summed E-state index contributed by atoms with van der Waals surface area (Å²) in [4.78, 5) is 3.04. The van der Waals surface area contributed by atoms with E-state index in [0.29, 0.717) is 6.07 Å². The first-order chi connectivity index (χ1) is 5.47. The Hall–Kier alpha value is -1.33. The predicted molar refractivity (Wildman–Crippen MR) is 29.7 cm³/mol. The number of alkyl halides is 3. The van der Waals surface area contributed by atoms with Crippen molar-refractivity contribution in [1.82, 2.24) is 4.98 Å². The average molecular weight is 180 g/mol. The lowest BCUT2D eigenvalue weighted by molar-refractivity contribution is -0.274. The molecular formula is C6H2F4NO. The van der Waals surface area contributed by atoms with Crippen LogP contribution in [0.1, 0.15) is 0 Å². The monoisotopic (exact) mass is 180 g/mol. The Kier molecular flexibility index (Phi) is 2.16. The van der Waals surface area contributed by atoms with Crippen LogP contribution in [0.4, 0.5) is 17.6 Å². The van der Waals surface area contributed by atoms with E-state index in [1.54, 1.807) is 6.20 Å². The van der Waals surface area contributed by atoms with E-state index in [4.69, 9.17) is 0 Å². The van der Waals surface area contributed by atoms with E-state index in [1.165, 1.54) is 0 Å². The summed E-state index contributed by atoms with van der Waals surface area (Å²) in [6.07, 6.45) is -2.31. The fourth-order valence-corrected chi connectivity index (χ4v) is 0.541. The highest BCUT2D eigenvalue weighted by Crippen LogP contribution is 2.21. The third-order valence-corrected chi connectivity index (χ3v) is 0.866. The van der Waals surface area contributed by atoms with Crippen molar-refractivity contribution < 1.29 is 22.3 Å². The van der Waals surface area contributed by atoms with Gasteiger partial charge >= 0.3 is 6.36 Å². The van der Waals surface area contributed by atoms with Crippen LogP contribution in [0.15, 0.2) is 12.3 Å². The van der Waals surface area contributed by atoms with Crippen molar-refractivity contribution in [2.45, 2.75) is 6.36 Å². The molecule has 0 amide bonds. The van der Waals surface area contributed by atoms with Crippen LogP contribution >= 0.6 is 0 Å². The summed E-state index contributed by atoms with van der Waals surface area (Å²) in [6, 6.07) is 0.542. The molecule has 0 saturated heterocycles. The van der Waals surface area contributed by atoms with Crippen LogP contribution in [0.5, 0.6) is 5.75 Å². The van der Waals surface area contributed by atoms with Gasteiger partial charge in [-0.05, 0) is 0 Å². The molecule has 0 bridgehead atoms. The standard InChI is InChI=1S/C6H2F4NO/c7-4-1-5(3-11-2-4)12-6(8,9)10/h1,3H. The Balaban J connectivity index is 2.77. The van der Waals surface area contributed by atoms with Crippen LogP contribution in [0.25, 0.3) is 0 Å². The van der Waals surface area contributed by atoms with Gasteiger partial charge in [0, 0.05) is 6.07 Å². The van der Waals surface area contributed by atoms with Gasteiger partial charge in [-0.3, -0.25) is 0 Å². The summed E-state index contributed by atoms with van der Waals surface area (Å²) >= 11 is 0. The summed E-state index contributed by atoms with van der Waals surface area (Å²) in [5, 5.41) is 0. The van der Waals surface area contributed by atoms with Crippen molar-refractivity contribution in [3.8, 4) is 5.75 Å². The second kappa shape index (κ2) is 2.96. The molecule has 0 aromatic carbocycles. The van der Waals surface area contributed by atoms with E-state index < -0.39 is 17.9 Å². The van der Waals surface area contributed by atoms with E-state index in [-0.39, 0.29) is 0 Å². The zero-order valence-corrected chi connectivity index (χ0v) is 5.52. The van der Waals surface area contributed by atoms with Crippen molar-refractivity contribution in [3.05, 3.63) is 24.3 Å². The molecule has 1 aromatic heterocycles. The van der Waals surface area contributed by atoms with Crippen molar-refractivity contribution in [3.63, 3.8) is 0 Å². The van der Waals surface area contributed by atoms with Gasteiger partial charge in [-0.1, -0.05) is 0 Å². The van der Waals surface area contributed by atoms with Gasteiger partial charge in [-0.2, -0.15) is 0 Å². The normalized spacial score (nSPS) is 11.3. The molecule has 0 aliphatic rings. The molecule has 0 spiro atoms. The third-order valence-electron chi connectivity index (χ3n) is 0.866. The highest BCUT2D eigenvalue weighted by atomic mass is 19.4. The molecular weight excluding hydrogens is 178 g/mol. The van der Waals surface area contributed by atoms with Gasteiger partial charge in [0.1, 0.15) is 6.20 Å². The van der Waals surface area contributed by atoms with Crippen LogP contribution in [0.3, 0.4) is 0 Å². The first-order valence-corrected chi connectivity index (χ1v) is 2.76. The van der Waals surface area contributed by atoms with Gasteiger partial charge in [-0.15, -0.1) is 13.2 Å². The Morgan fingerprint density at radius 1 is 1.42 bits per heavy atom. The summed E-state index contributed by atoms with van der Waals surface area (Å²) in [6.45, 7) is 0. The van der Waals surface area contributed by atoms with Gasteiger partial charge in [0.15, 0.2) is 11.6 Å². The maximum atomic E-state index is 12.2. The summed E-state index contributed by atoms with van der Waals surface area (Å²) in [5.74, 6) is -1.70. The van der Waals surface area contributed by atoms with Gasteiger partial charge in [0.2, 0.25) is 0 Å². The Labute approximate surface area is 64.8 Å². The van der Waals surface area contributed by atoms with Crippen molar-refractivity contribution in [2.75, 3.05) is 0 Å². The van der Waals surface area contributed by atoms with Crippen LogP contribution < -0.4 is 4.74 Å². The van der Waals surface area contributed by atoms with Crippen LogP contribution in [0.2, 0.25) is 0 Å². The molecule has 0 N–H and O–H groups in total. The molecule has 6 heteroatoms. The minimum Gasteiger partial charge on any atom is -0.404 e. The third kappa shape index (κ3) is 2.73. The number of hydrogen-bond acceptors (Lipinski definition) is 2. The lowest BCUT2D eigenvalue weighted by atomic mass is 10.4. The fraction of sp³-hybridized carbons (Fsp3) is 0.167. The molecule has 0 aliphatic heterocycles. The number of hydrogen-bond donors (Lipinski definition) is 0. The topological polar surface area (TPSA) is 22.1 Å². The molecule has 0 unspecified atom stereocenters. The number of ether oxygens (including phenoxy) is 1. The first-order valence-electron chi connectivity index (χ1n) is 2.76. The largest absolute Gasteiger partial charge is 0.573 e.